The van der Waals surface area contributed by atoms with Gasteiger partial charge in [0.2, 0.25) is 0 Å². The molecule has 0 bridgehead atoms. The van der Waals surface area contributed by atoms with Crippen molar-refractivity contribution in [3.8, 4) is 0 Å². The van der Waals surface area contributed by atoms with Crippen molar-refractivity contribution >= 4 is 0 Å². The second kappa shape index (κ2) is 4.58. The summed E-state index contributed by atoms with van der Waals surface area (Å²) in [6.45, 7) is 4.82. The monoisotopic (exact) mass is 290 g/mol. The molecule has 8 unspecified atom stereocenters. The Balaban J connectivity index is 1.68. The molecule has 0 radical (unpaired) electrons. The predicted octanol–water partition coefficient (Wildman–Crippen LogP) is 3.53. The van der Waals surface area contributed by atoms with E-state index in [1.165, 1.54) is 25.7 Å². The van der Waals surface area contributed by atoms with Crippen LogP contribution < -0.4 is 0 Å². The number of hydrogen-bond acceptors (Lipinski definition) is 2. The summed E-state index contributed by atoms with van der Waals surface area (Å²) in [5.74, 6) is 2.67. The van der Waals surface area contributed by atoms with Crippen molar-refractivity contribution in [3.05, 3.63) is 12.2 Å². The first kappa shape index (κ1) is 14.3. The van der Waals surface area contributed by atoms with Crippen molar-refractivity contribution in [2.45, 2.75) is 71.0 Å². The summed E-state index contributed by atoms with van der Waals surface area (Å²) in [5, 5.41) is 20.5. The van der Waals surface area contributed by atoms with Crippen LogP contribution in [0.3, 0.4) is 0 Å². The second-order valence-corrected chi connectivity index (χ2v) is 8.85. The molecule has 8 atom stereocenters. The van der Waals surface area contributed by atoms with Crippen LogP contribution in [-0.2, 0) is 0 Å². The first-order valence-electron chi connectivity index (χ1n) is 8.99. The first-order valence-corrected chi connectivity index (χ1v) is 8.99. The maximum Gasteiger partial charge on any atom is 0.0596 e. The average molecular weight is 290 g/mol. The van der Waals surface area contributed by atoms with Crippen LogP contribution >= 0.6 is 0 Å². The molecule has 0 heterocycles. The van der Waals surface area contributed by atoms with Gasteiger partial charge in [-0.3, -0.25) is 0 Å². The molecule has 3 fully saturated rings. The Kier molecular flexibility index (Phi) is 3.11. The highest BCUT2D eigenvalue weighted by atomic mass is 16.3. The van der Waals surface area contributed by atoms with Gasteiger partial charge in [-0.25, -0.2) is 0 Å². The second-order valence-electron chi connectivity index (χ2n) is 8.85. The highest BCUT2D eigenvalue weighted by molar-refractivity contribution is 5.18. The Hall–Kier alpha value is -0.340. The summed E-state index contributed by atoms with van der Waals surface area (Å²) in [7, 11) is 0. The van der Waals surface area contributed by atoms with Crippen LogP contribution in [-0.4, -0.2) is 22.4 Å². The van der Waals surface area contributed by atoms with Crippen molar-refractivity contribution in [3.63, 3.8) is 0 Å². The number of aliphatic hydroxyl groups excluding tert-OH is 2. The molecule has 0 aromatic rings. The Morgan fingerprint density at radius 2 is 1.57 bits per heavy atom. The van der Waals surface area contributed by atoms with E-state index in [2.05, 4.69) is 26.0 Å². The molecule has 2 heteroatoms. The van der Waals surface area contributed by atoms with E-state index in [0.29, 0.717) is 23.2 Å². The van der Waals surface area contributed by atoms with E-state index in [4.69, 9.17) is 0 Å². The third kappa shape index (κ3) is 1.84. The maximum atomic E-state index is 10.4. The molecular weight excluding hydrogens is 260 g/mol. The van der Waals surface area contributed by atoms with Gasteiger partial charge in [-0.1, -0.05) is 26.0 Å². The zero-order valence-corrected chi connectivity index (χ0v) is 13.5. The van der Waals surface area contributed by atoms with Gasteiger partial charge >= 0.3 is 0 Å². The van der Waals surface area contributed by atoms with Gasteiger partial charge < -0.3 is 10.2 Å². The summed E-state index contributed by atoms with van der Waals surface area (Å²) in [6.07, 6.45) is 12.5. The minimum Gasteiger partial charge on any atom is -0.393 e. The molecule has 4 aliphatic rings. The molecule has 2 N–H and O–H groups in total. The summed E-state index contributed by atoms with van der Waals surface area (Å²) in [6, 6.07) is 0. The fourth-order valence-corrected chi connectivity index (χ4v) is 6.57. The highest BCUT2D eigenvalue weighted by Crippen LogP contribution is 2.64. The molecule has 2 nitrogen and oxygen atoms in total. The molecule has 0 aromatic carbocycles. The third-order valence-corrected chi connectivity index (χ3v) is 8.08. The SMILES string of the molecule is CC12CCC3C(C=CC4CC(O)CCC43C)C1CCC2O. The van der Waals surface area contributed by atoms with Crippen LogP contribution in [0.1, 0.15) is 58.8 Å². The molecule has 118 valence electrons. The fraction of sp³-hybridized carbons (Fsp3) is 0.895. The predicted molar refractivity (Wildman–Crippen MR) is 83.6 cm³/mol. The number of aliphatic hydroxyl groups is 2. The lowest BCUT2D eigenvalue weighted by Gasteiger charge is -2.58. The number of allylic oxidation sites excluding steroid dienone is 2. The fourth-order valence-electron chi connectivity index (χ4n) is 6.57. The van der Waals surface area contributed by atoms with Gasteiger partial charge in [0, 0.05) is 0 Å². The highest BCUT2D eigenvalue weighted by Gasteiger charge is 2.58. The van der Waals surface area contributed by atoms with E-state index in [9.17, 15) is 10.2 Å². The Labute approximate surface area is 128 Å². The van der Waals surface area contributed by atoms with Crippen molar-refractivity contribution < 1.29 is 10.2 Å². The van der Waals surface area contributed by atoms with E-state index in [-0.39, 0.29) is 17.6 Å². The van der Waals surface area contributed by atoms with Gasteiger partial charge in [-0.2, -0.15) is 0 Å². The van der Waals surface area contributed by atoms with Gasteiger partial charge in [0.05, 0.1) is 12.2 Å². The topological polar surface area (TPSA) is 40.5 Å². The molecule has 0 spiro atoms. The van der Waals surface area contributed by atoms with Crippen LogP contribution in [0.4, 0.5) is 0 Å². The van der Waals surface area contributed by atoms with Crippen molar-refractivity contribution in [1.82, 2.24) is 0 Å². The van der Waals surface area contributed by atoms with Crippen molar-refractivity contribution in [1.29, 1.82) is 0 Å². The van der Waals surface area contributed by atoms with Gasteiger partial charge in [-0.15, -0.1) is 0 Å². The first-order chi connectivity index (χ1) is 9.95. The summed E-state index contributed by atoms with van der Waals surface area (Å²) in [4.78, 5) is 0. The molecule has 0 aliphatic heterocycles. The lowest BCUT2D eigenvalue weighted by Crippen LogP contribution is -2.52. The van der Waals surface area contributed by atoms with Gasteiger partial charge in [-0.05, 0) is 79.4 Å². The van der Waals surface area contributed by atoms with Crippen LogP contribution in [0, 0.1) is 34.5 Å². The standard InChI is InChI=1S/C19H30O2/c1-18-9-7-13(20)11-12(18)3-4-14-15-5-6-17(21)19(15,2)10-8-16(14)18/h3-4,12-17,20-21H,5-11H2,1-2H3. The molecule has 4 aliphatic carbocycles. The quantitative estimate of drug-likeness (QED) is 0.670. The minimum absolute atomic E-state index is 0.0874. The average Bonchev–Trinajstić information content (AvgIpc) is 2.76. The van der Waals surface area contributed by atoms with Gasteiger partial charge in [0.25, 0.3) is 0 Å². The van der Waals surface area contributed by atoms with E-state index in [0.717, 1.165) is 25.2 Å². The number of fused-ring (bicyclic) bond motifs is 5. The number of hydrogen-bond donors (Lipinski definition) is 2. The Morgan fingerprint density at radius 3 is 2.38 bits per heavy atom. The molecule has 3 saturated carbocycles. The van der Waals surface area contributed by atoms with E-state index >= 15 is 0 Å². The van der Waals surface area contributed by atoms with Crippen LogP contribution in [0.5, 0.6) is 0 Å². The van der Waals surface area contributed by atoms with E-state index < -0.39 is 0 Å². The largest absolute Gasteiger partial charge is 0.393 e. The third-order valence-electron chi connectivity index (χ3n) is 8.08. The molecule has 0 saturated heterocycles. The molecule has 21 heavy (non-hydrogen) atoms. The van der Waals surface area contributed by atoms with E-state index in [1.54, 1.807) is 0 Å². The molecular formula is C19H30O2. The van der Waals surface area contributed by atoms with Crippen LogP contribution in [0.2, 0.25) is 0 Å². The molecule has 0 aromatic heterocycles. The van der Waals surface area contributed by atoms with E-state index in [1.807, 2.05) is 0 Å². The Morgan fingerprint density at radius 1 is 0.857 bits per heavy atom. The summed E-state index contributed by atoms with van der Waals surface area (Å²) in [5.41, 5.74) is 0.538. The van der Waals surface area contributed by atoms with Gasteiger partial charge in [0.15, 0.2) is 0 Å². The summed E-state index contributed by atoms with van der Waals surface area (Å²) < 4.78 is 0. The lowest BCUT2D eigenvalue weighted by atomic mass is 9.47. The van der Waals surface area contributed by atoms with Crippen LogP contribution in [0.25, 0.3) is 0 Å². The molecule has 4 rings (SSSR count). The summed E-state index contributed by atoms with van der Waals surface area (Å²) >= 11 is 0. The zero-order valence-electron chi connectivity index (χ0n) is 13.5. The van der Waals surface area contributed by atoms with Crippen molar-refractivity contribution in [2.75, 3.05) is 0 Å². The van der Waals surface area contributed by atoms with Crippen LogP contribution in [0.15, 0.2) is 12.2 Å². The van der Waals surface area contributed by atoms with Gasteiger partial charge in [0.1, 0.15) is 0 Å². The zero-order chi connectivity index (χ0) is 14.8. The Bertz CT molecular complexity index is 458. The normalized spacial score (nSPS) is 59.2. The number of rotatable bonds is 0. The smallest absolute Gasteiger partial charge is 0.0596 e. The molecule has 0 amide bonds. The maximum absolute atomic E-state index is 10.4. The van der Waals surface area contributed by atoms with Crippen molar-refractivity contribution in [2.24, 2.45) is 34.5 Å². The lowest BCUT2D eigenvalue weighted by molar-refractivity contribution is -0.0894. The minimum atomic E-state index is -0.0913.